The monoisotopic (exact) mass is 240 g/mol. The first-order valence-electron chi connectivity index (χ1n) is 6.59. The van der Waals surface area contributed by atoms with Crippen molar-refractivity contribution in [3.05, 3.63) is 0 Å². The van der Waals surface area contributed by atoms with Gasteiger partial charge in [0.2, 0.25) is 0 Å². The number of carbonyl (C=O) groups excluding carboxylic acids is 1. The van der Waals surface area contributed by atoms with Gasteiger partial charge >= 0.3 is 6.09 Å². The lowest BCUT2D eigenvalue weighted by Crippen LogP contribution is -2.53. The summed E-state index contributed by atoms with van der Waals surface area (Å²) in [7, 11) is 0. The van der Waals surface area contributed by atoms with E-state index in [1.54, 1.807) is 0 Å². The molecule has 0 aromatic heterocycles. The molecule has 0 radical (unpaired) electrons. The molecule has 17 heavy (non-hydrogen) atoms. The maximum atomic E-state index is 12.0. The SMILES string of the molecule is CC(C)(C)OC(=O)N1CCCC2(CC1)CNC2. The van der Waals surface area contributed by atoms with Crippen molar-refractivity contribution in [1.82, 2.24) is 10.2 Å². The average molecular weight is 240 g/mol. The number of amides is 1. The van der Waals surface area contributed by atoms with E-state index in [9.17, 15) is 4.79 Å². The summed E-state index contributed by atoms with van der Waals surface area (Å²) in [5.74, 6) is 0. The van der Waals surface area contributed by atoms with E-state index in [1.807, 2.05) is 25.7 Å². The van der Waals surface area contributed by atoms with Crippen molar-refractivity contribution >= 4 is 6.09 Å². The van der Waals surface area contributed by atoms with E-state index in [2.05, 4.69) is 5.32 Å². The van der Waals surface area contributed by atoms with Gasteiger partial charge < -0.3 is 15.0 Å². The van der Waals surface area contributed by atoms with Crippen LogP contribution in [0.15, 0.2) is 0 Å². The molecule has 0 aromatic carbocycles. The first kappa shape index (κ1) is 12.7. The molecule has 98 valence electrons. The fraction of sp³-hybridized carbons (Fsp3) is 0.923. The van der Waals surface area contributed by atoms with Gasteiger partial charge in [-0.05, 0) is 45.4 Å². The molecule has 2 aliphatic rings. The molecule has 4 nitrogen and oxygen atoms in total. The van der Waals surface area contributed by atoms with Crippen LogP contribution in [0.3, 0.4) is 0 Å². The zero-order chi connectivity index (χ0) is 12.5. The molecule has 1 amide bonds. The molecule has 0 aromatic rings. The van der Waals surface area contributed by atoms with Gasteiger partial charge in [-0.3, -0.25) is 0 Å². The van der Waals surface area contributed by atoms with Crippen LogP contribution in [0.5, 0.6) is 0 Å². The first-order chi connectivity index (χ1) is 7.90. The van der Waals surface area contributed by atoms with Gasteiger partial charge in [-0.25, -0.2) is 4.79 Å². The van der Waals surface area contributed by atoms with Crippen molar-refractivity contribution in [1.29, 1.82) is 0 Å². The zero-order valence-electron chi connectivity index (χ0n) is 11.2. The van der Waals surface area contributed by atoms with Gasteiger partial charge in [0.05, 0.1) is 0 Å². The normalized spacial score (nSPS) is 24.1. The van der Waals surface area contributed by atoms with Crippen LogP contribution < -0.4 is 5.32 Å². The predicted octanol–water partition coefficient (Wildman–Crippen LogP) is 2.00. The van der Waals surface area contributed by atoms with Crippen molar-refractivity contribution in [2.75, 3.05) is 26.2 Å². The van der Waals surface area contributed by atoms with Gasteiger partial charge in [-0.15, -0.1) is 0 Å². The molecular weight excluding hydrogens is 216 g/mol. The van der Waals surface area contributed by atoms with Crippen molar-refractivity contribution in [3.8, 4) is 0 Å². The van der Waals surface area contributed by atoms with Gasteiger partial charge in [-0.1, -0.05) is 0 Å². The van der Waals surface area contributed by atoms with Gasteiger partial charge in [-0.2, -0.15) is 0 Å². The van der Waals surface area contributed by atoms with Crippen LogP contribution in [0.25, 0.3) is 0 Å². The highest BCUT2D eigenvalue weighted by Gasteiger charge is 2.39. The zero-order valence-corrected chi connectivity index (χ0v) is 11.2. The van der Waals surface area contributed by atoms with E-state index in [-0.39, 0.29) is 11.7 Å². The van der Waals surface area contributed by atoms with Gasteiger partial charge in [0, 0.05) is 26.2 Å². The van der Waals surface area contributed by atoms with Crippen molar-refractivity contribution < 1.29 is 9.53 Å². The van der Waals surface area contributed by atoms with E-state index in [1.165, 1.54) is 6.42 Å². The highest BCUT2D eigenvalue weighted by Crippen LogP contribution is 2.35. The number of likely N-dealkylation sites (tertiary alicyclic amines) is 1. The Hall–Kier alpha value is -0.770. The van der Waals surface area contributed by atoms with Crippen LogP contribution in [0.2, 0.25) is 0 Å². The number of rotatable bonds is 0. The van der Waals surface area contributed by atoms with E-state index in [0.29, 0.717) is 5.41 Å². The van der Waals surface area contributed by atoms with Crippen molar-refractivity contribution in [2.45, 2.75) is 45.6 Å². The lowest BCUT2D eigenvalue weighted by atomic mass is 9.75. The molecule has 0 aliphatic carbocycles. The van der Waals surface area contributed by atoms with Gasteiger partial charge in [0.1, 0.15) is 5.60 Å². The number of nitrogens with zero attached hydrogens (tertiary/aromatic N) is 1. The molecule has 0 atom stereocenters. The third-order valence-corrected chi connectivity index (χ3v) is 3.70. The Bertz CT molecular complexity index is 292. The Morgan fingerprint density at radius 1 is 1.24 bits per heavy atom. The number of ether oxygens (including phenoxy) is 1. The number of carbonyl (C=O) groups is 1. The Kier molecular flexibility index (Phi) is 3.34. The Balaban J connectivity index is 1.88. The number of nitrogens with one attached hydrogen (secondary N) is 1. The summed E-state index contributed by atoms with van der Waals surface area (Å²) in [5, 5.41) is 3.35. The molecule has 2 aliphatic heterocycles. The molecule has 1 spiro atoms. The summed E-state index contributed by atoms with van der Waals surface area (Å²) < 4.78 is 5.42. The fourth-order valence-electron chi connectivity index (χ4n) is 2.60. The Labute approximate surface area is 104 Å². The summed E-state index contributed by atoms with van der Waals surface area (Å²) in [5.41, 5.74) is 0.0792. The number of hydrogen-bond acceptors (Lipinski definition) is 3. The molecule has 2 rings (SSSR count). The molecule has 0 unspecified atom stereocenters. The highest BCUT2D eigenvalue weighted by molar-refractivity contribution is 5.68. The molecular formula is C13H24N2O2. The topological polar surface area (TPSA) is 41.6 Å². The minimum atomic E-state index is -0.390. The Morgan fingerprint density at radius 2 is 1.94 bits per heavy atom. The second-order valence-corrected chi connectivity index (χ2v) is 6.42. The second kappa shape index (κ2) is 4.48. The molecule has 2 saturated heterocycles. The summed E-state index contributed by atoms with van der Waals surface area (Å²) in [6.45, 7) is 9.68. The van der Waals surface area contributed by atoms with E-state index < -0.39 is 0 Å². The van der Waals surface area contributed by atoms with Crippen molar-refractivity contribution in [2.24, 2.45) is 5.41 Å². The van der Waals surface area contributed by atoms with E-state index >= 15 is 0 Å². The first-order valence-corrected chi connectivity index (χ1v) is 6.59. The quantitative estimate of drug-likeness (QED) is 0.704. The van der Waals surface area contributed by atoms with Crippen LogP contribution in [0.1, 0.15) is 40.0 Å². The minimum Gasteiger partial charge on any atom is -0.444 e. The maximum absolute atomic E-state index is 12.0. The van der Waals surface area contributed by atoms with Crippen LogP contribution in [-0.4, -0.2) is 42.8 Å². The molecule has 0 bridgehead atoms. The van der Waals surface area contributed by atoms with Gasteiger partial charge in [0.25, 0.3) is 0 Å². The predicted molar refractivity (Wildman–Crippen MR) is 67.0 cm³/mol. The fourth-order valence-corrected chi connectivity index (χ4v) is 2.60. The molecule has 2 fully saturated rings. The van der Waals surface area contributed by atoms with Crippen LogP contribution >= 0.6 is 0 Å². The summed E-state index contributed by atoms with van der Waals surface area (Å²) in [6.07, 6.45) is 3.29. The van der Waals surface area contributed by atoms with Crippen LogP contribution in [0, 0.1) is 5.41 Å². The largest absolute Gasteiger partial charge is 0.444 e. The molecule has 0 saturated carbocycles. The summed E-state index contributed by atoms with van der Waals surface area (Å²) in [4.78, 5) is 13.8. The smallest absolute Gasteiger partial charge is 0.410 e. The van der Waals surface area contributed by atoms with E-state index in [4.69, 9.17) is 4.74 Å². The summed E-state index contributed by atoms with van der Waals surface area (Å²) in [6, 6.07) is 0. The van der Waals surface area contributed by atoms with Crippen LogP contribution in [0.4, 0.5) is 4.79 Å². The molecule has 4 heteroatoms. The minimum absolute atomic E-state index is 0.151. The highest BCUT2D eigenvalue weighted by atomic mass is 16.6. The third kappa shape index (κ3) is 3.12. The summed E-state index contributed by atoms with van der Waals surface area (Å²) >= 11 is 0. The second-order valence-electron chi connectivity index (χ2n) is 6.42. The van der Waals surface area contributed by atoms with Crippen molar-refractivity contribution in [3.63, 3.8) is 0 Å². The average Bonchev–Trinajstić information content (AvgIpc) is 2.35. The van der Waals surface area contributed by atoms with E-state index in [0.717, 1.165) is 39.0 Å². The maximum Gasteiger partial charge on any atom is 0.410 e. The Morgan fingerprint density at radius 3 is 2.47 bits per heavy atom. The van der Waals surface area contributed by atoms with Gasteiger partial charge in [0.15, 0.2) is 0 Å². The molecule has 2 heterocycles. The lowest BCUT2D eigenvalue weighted by Gasteiger charge is -2.42. The number of hydrogen-bond donors (Lipinski definition) is 1. The van der Waals surface area contributed by atoms with Crippen LogP contribution in [-0.2, 0) is 4.74 Å². The standard InChI is InChI=1S/C13H24N2O2/c1-12(2,3)17-11(16)15-7-4-5-13(6-8-15)9-14-10-13/h14H,4-10H2,1-3H3. The third-order valence-electron chi connectivity index (χ3n) is 3.70. The lowest BCUT2D eigenvalue weighted by molar-refractivity contribution is 0.0245. The molecule has 1 N–H and O–H groups in total.